The van der Waals surface area contributed by atoms with Crippen LogP contribution in [0.3, 0.4) is 0 Å². The fourth-order valence-corrected chi connectivity index (χ4v) is 4.68. The normalized spacial score (nSPS) is 11.7. The molecule has 0 spiro atoms. The number of sulfone groups is 1. The number of hydrogen-bond donors (Lipinski definition) is 2. The van der Waals surface area contributed by atoms with Gasteiger partial charge in [0.25, 0.3) is 5.91 Å². The summed E-state index contributed by atoms with van der Waals surface area (Å²) in [7, 11) is -3.46. The van der Waals surface area contributed by atoms with E-state index in [0.29, 0.717) is 5.56 Å². The first-order valence-electron chi connectivity index (χ1n) is 7.67. The lowest BCUT2D eigenvalue weighted by Gasteiger charge is -2.15. The number of nitrogens with two attached hydrogens (primary N) is 1. The largest absolute Gasteiger partial charge is 0.365 e. The third-order valence-electron chi connectivity index (χ3n) is 3.57. The zero-order valence-electron chi connectivity index (χ0n) is 14.0. The van der Waals surface area contributed by atoms with Gasteiger partial charge in [0.2, 0.25) is 0 Å². The van der Waals surface area contributed by atoms with E-state index < -0.39 is 15.7 Å². The van der Waals surface area contributed by atoms with Crippen LogP contribution in [0.1, 0.15) is 29.8 Å². The molecule has 6 nitrogen and oxygen atoms in total. The first kappa shape index (κ1) is 19.2. The van der Waals surface area contributed by atoms with E-state index in [2.05, 4.69) is 0 Å². The van der Waals surface area contributed by atoms with Crippen molar-refractivity contribution in [2.24, 2.45) is 11.7 Å². The minimum Gasteiger partial charge on any atom is -0.365 e. The Bertz CT molecular complexity index is 965. The highest BCUT2D eigenvalue weighted by Crippen LogP contribution is 2.20. The molecule has 1 heterocycles. The highest BCUT2D eigenvalue weighted by atomic mass is 35.5. The Hall–Kier alpha value is -2.12. The summed E-state index contributed by atoms with van der Waals surface area (Å²) in [6.07, 6.45) is 1.47. The molecule has 1 aromatic heterocycles. The molecule has 0 aliphatic rings. The molecule has 2 aromatic rings. The van der Waals surface area contributed by atoms with Crippen LogP contribution in [0.25, 0.3) is 0 Å². The molecule has 0 fully saturated rings. The van der Waals surface area contributed by atoms with E-state index in [0.717, 1.165) is 0 Å². The Labute approximate surface area is 151 Å². The topological polar surface area (TPSA) is 106 Å². The number of benzene rings is 1. The monoisotopic (exact) mass is 381 g/mol. The summed E-state index contributed by atoms with van der Waals surface area (Å²) in [5.74, 6) is -0.739. The second-order valence-electron chi connectivity index (χ2n) is 6.20. The van der Waals surface area contributed by atoms with Gasteiger partial charge in [0.1, 0.15) is 5.49 Å². The van der Waals surface area contributed by atoms with Crippen molar-refractivity contribution in [3.8, 4) is 0 Å². The quantitative estimate of drug-likeness (QED) is 0.800. The molecule has 0 bridgehead atoms. The first-order chi connectivity index (χ1) is 11.6. The van der Waals surface area contributed by atoms with Crippen molar-refractivity contribution in [1.82, 2.24) is 4.57 Å². The van der Waals surface area contributed by atoms with Crippen molar-refractivity contribution in [3.05, 3.63) is 58.2 Å². The first-order valence-corrected chi connectivity index (χ1v) is 9.70. The van der Waals surface area contributed by atoms with Crippen molar-refractivity contribution >= 4 is 27.3 Å². The standard InChI is InChI=1S/C17H20ClN3O3S/c1-11(2)10-25(23,24)15-6-4-3-5-12(15)8-21-9-13(18)7-14(16(21)19)17(20)22/h3-7,9,11,19H,8,10H2,1-2H3,(H2,20,22). The number of amides is 1. The van der Waals surface area contributed by atoms with Crippen molar-refractivity contribution in [2.75, 3.05) is 5.75 Å². The van der Waals surface area contributed by atoms with Gasteiger partial charge < -0.3 is 10.3 Å². The Morgan fingerprint density at radius 3 is 2.56 bits per heavy atom. The number of nitrogens with one attached hydrogen (secondary N) is 1. The Morgan fingerprint density at radius 2 is 1.96 bits per heavy atom. The number of carbonyl (C=O) groups excluding carboxylic acids is 1. The van der Waals surface area contributed by atoms with Gasteiger partial charge >= 0.3 is 0 Å². The third-order valence-corrected chi connectivity index (χ3v) is 5.95. The average Bonchev–Trinajstić information content (AvgIpc) is 2.49. The molecule has 0 saturated carbocycles. The highest BCUT2D eigenvalue weighted by molar-refractivity contribution is 7.91. The molecule has 0 aliphatic carbocycles. The molecule has 0 radical (unpaired) electrons. The molecule has 0 unspecified atom stereocenters. The molecule has 1 amide bonds. The molecule has 0 aliphatic heterocycles. The van der Waals surface area contributed by atoms with E-state index in [1.54, 1.807) is 24.3 Å². The SMILES string of the molecule is CC(C)CS(=O)(=O)c1ccccc1Cn1cc(Cl)cc(C(N)=O)c1=N. The number of aromatic nitrogens is 1. The maximum Gasteiger partial charge on any atom is 0.252 e. The average molecular weight is 382 g/mol. The molecule has 25 heavy (non-hydrogen) atoms. The van der Waals surface area contributed by atoms with E-state index in [9.17, 15) is 13.2 Å². The molecule has 0 atom stereocenters. The van der Waals surface area contributed by atoms with Gasteiger partial charge in [-0.3, -0.25) is 10.2 Å². The lowest BCUT2D eigenvalue weighted by molar-refractivity contribution is 0.0997. The summed E-state index contributed by atoms with van der Waals surface area (Å²) in [5, 5.41) is 8.36. The van der Waals surface area contributed by atoms with Gasteiger partial charge in [0.05, 0.1) is 27.8 Å². The van der Waals surface area contributed by atoms with Crippen LogP contribution in [0.15, 0.2) is 41.4 Å². The van der Waals surface area contributed by atoms with Crippen LogP contribution in [-0.4, -0.2) is 24.6 Å². The fraction of sp³-hybridized carbons (Fsp3) is 0.294. The van der Waals surface area contributed by atoms with Crippen molar-refractivity contribution in [3.63, 3.8) is 0 Å². The second kappa shape index (κ2) is 7.41. The van der Waals surface area contributed by atoms with Crippen molar-refractivity contribution < 1.29 is 13.2 Å². The fourth-order valence-electron chi connectivity index (χ4n) is 2.57. The van der Waals surface area contributed by atoms with Crippen LogP contribution in [0.4, 0.5) is 0 Å². The Balaban J connectivity index is 2.54. The minimum absolute atomic E-state index is 0.00919. The van der Waals surface area contributed by atoms with Crippen molar-refractivity contribution in [1.29, 1.82) is 5.41 Å². The summed E-state index contributed by atoms with van der Waals surface area (Å²) in [6, 6.07) is 7.95. The van der Waals surface area contributed by atoms with Gasteiger partial charge in [-0.1, -0.05) is 43.6 Å². The lowest BCUT2D eigenvalue weighted by Crippen LogP contribution is -2.30. The molecule has 2 rings (SSSR count). The van der Waals surface area contributed by atoms with E-state index in [1.807, 2.05) is 13.8 Å². The zero-order chi connectivity index (χ0) is 18.8. The molecule has 134 valence electrons. The van der Waals surface area contributed by atoms with Gasteiger partial charge in [0, 0.05) is 6.20 Å². The predicted molar refractivity (Wildman–Crippen MR) is 96.2 cm³/mol. The Kier molecular flexibility index (Phi) is 5.69. The highest BCUT2D eigenvalue weighted by Gasteiger charge is 2.20. The molecular formula is C17H20ClN3O3S. The minimum atomic E-state index is -3.46. The molecular weight excluding hydrogens is 362 g/mol. The molecule has 0 saturated heterocycles. The predicted octanol–water partition coefficient (Wildman–Crippen LogP) is 2.20. The Morgan fingerprint density at radius 1 is 1.32 bits per heavy atom. The summed E-state index contributed by atoms with van der Waals surface area (Å²) in [6.45, 7) is 3.77. The smallest absolute Gasteiger partial charge is 0.252 e. The summed E-state index contributed by atoms with van der Waals surface area (Å²) in [5.41, 5.74) is 5.66. The lowest BCUT2D eigenvalue weighted by atomic mass is 10.2. The van der Waals surface area contributed by atoms with Gasteiger partial charge in [-0.2, -0.15) is 0 Å². The van der Waals surface area contributed by atoms with E-state index in [1.165, 1.54) is 16.8 Å². The van der Waals surface area contributed by atoms with Gasteiger partial charge in [-0.25, -0.2) is 8.42 Å². The number of rotatable bonds is 6. The molecule has 3 N–H and O–H groups in total. The van der Waals surface area contributed by atoms with Crippen LogP contribution >= 0.6 is 11.6 Å². The van der Waals surface area contributed by atoms with Gasteiger partial charge in [-0.15, -0.1) is 0 Å². The number of carbonyl (C=O) groups is 1. The molecule has 1 aromatic carbocycles. The van der Waals surface area contributed by atoms with Gasteiger partial charge in [-0.05, 0) is 23.6 Å². The van der Waals surface area contributed by atoms with Crippen molar-refractivity contribution in [2.45, 2.75) is 25.3 Å². The zero-order valence-corrected chi connectivity index (χ0v) is 15.6. The van der Waals surface area contributed by atoms with Crippen LogP contribution in [0, 0.1) is 11.3 Å². The maximum absolute atomic E-state index is 12.6. The third kappa shape index (κ3) is 4.49. The molecule has 8 heteroatoms. The number of nitrogens with zero attached hydrogens (tertiary/aromatic N) is 1. The van der Waals surface area contributed by atoms with E-state index in [4.69, 9.17) is 22.7 Å². The number of hydrogen-bond acceptors (Lipinski definition) is 4. The summed E-state index contributed by atoms with van der Waals surface area (Å²) < 4.78 is 26.7. The summed E-state index contributed by atoms with van der Waals surface area (Å²) >= 11 is 6.00. The van der Waals surface area contributed by atoms with Crippen LogP contribution in [0.5, 0.6) is 0 Å². The van der Waals surface area contributed by atoms with Crippen LogP contribution < -0.4 is 11.2 Å². The van der Waals surface area contributed by atoms with E-state index >= 15 is 0 Å². The van der Waals surface area contributed by atoms with Gasteiger partial charge in [0.15, 0.2) is 9.84 Å². The number of halogens is 1. The summed E-state index contributed by atoms with van der Waals surface area (Å²) in [4.78, 5) is 11.7. The number of pyridine rings is 1. The van der Waals surface area contributed by atoms with E-state index in [-0.39, 0.29) is 39.2 Å². The van der Waals surface area contributed by atoms with Crippen LogP contribution in [0.2, 0.25) is 5.02 Å². The number of primary amides is 1. The second-order valence-corrected chi connectivity index (χ2v) is 8.63. The maximum atomic E-state index is 12.6. The van der Waals surface area contributed by atoms with Crippen LogP contribution in [-0.2, 0) is 16.4 Å².